The fourth-order valence-corrected chi connectivity index (χ4v) is 5.70. The molecule has 206 valence electrons. The van der Waals surface area contributed by atoms with Gasteiger partial charge in [-0.15, -0.1) is 0 Å². The quantitative estimate of drug-likeness (QED) is 0.374. The number of rotatable bonds is 8. The molecule has 0 aliphatic carbocycles. The summed E-state index contributed by atoms with van der Waals surface area (Å²) in [4.78, 5) is 52.5. The van der Waals surface area contributed by atoms with Gasteiger partial charge in [-0.2, -0.15) is 0 Å². The summed E-state index contributed by atoms with van der Waals surface area (Å²) in [5, 5.41) is 5.38. The molecule has 3 heterocycles. The molecule has 5 rings (SSSR count). The highest BCUT2D eigenvalue weighted by Crippen LogP contribution is 2.30. The summed E-state index contributed by atoms with van der Waals surface area (Å²) in [5.74, 6) is -1.86. The van der Waals surface area contributed by atoms with Crippen LogP contribution in [0.2, 0.25) is 0 Å². The van der Waals surface area contributed by atoms with Crippen molar-refractivity contribution in [2.75, 3.05) is 43.1 Å². The minimum absolute atomic E-state index is 0.176. The molecule has 3 fully saturated rings. The zero-order chi connectivity index (χ0) is 27.4. The van der Waals surface area contributed by atoms with Crippen molar-refractivity contribution < 1.29 is 33.4 Å². The average Bonchev–Trinajstić information content (AvgIpc) is 3.60. The molecule has 3 unspecified atom stereocenters. The molecule has 0 radical (unpaired) electrons. The summed E-state index contributed by atoms with van der Waals surface area (Å²) < 4.78 is 18.2. The molecule has 0 spiro atoms. The van der Waals surface area contributed by atoms with Crippen molar-refractivity contribution >= 4 is 47.2 Å². The fourth-order valence-electron chi connectivity index (χ4n) is 4.70. The summed E-state index contributed by atoms with van der Waals surface area (Å²) in [5.41, 5.74) is 1.92. The van der Waals surface area contributed by atoms with Crippen LogP contribution in [-0.2, 0) is 28.6 Å². The third-order valence-electron chi connectivity index (χ3n) is 6.65. The standard InChI is InChI=1S/C27H30N4O7S/c1-17(32)38-23(25(33)28-19-6-4-18(5-7-19)22-16-37-27(35)29-22)24-26(34)31(14-15-36-24)20-8-10-21(11-9-20)39-30-12-2-3-13-30/h4-11,22-24H,2-3,12-16H2,1H3,(H,28,33)(H,29,35). The first-order valence-corrected chi connectivity index (χ1v) is 13.6. The van der Waals surface area contributed by atoms with E-state index in [0.29, 0.717) is 17.9 Å². The molecule has 0 saturated carbocycles. The van der Waals surface area contributed by atoms with E-state index in [2.05, 4.69) is 14.9 Å². The molecule has 3 amide bonds. The molecule has 3 aliphatic rings. The number of esters is 1. The van der Waals surface area contributed by atoms with E-state index >= 15 is 0 Å². The Bertz CT molecular complexity index is 1220. The second-order valence-corrected chi connectivity index (χ2v) is 10.6. The van der Waals surface area contributed by atoms with Gasteiger partial charge in [-0.25, -0.2) is 9.10 Å². The lowest BCUT2D eigenvalue weighted by molar-refractivity contribution is -0.167. The van der Waals surface area contributed by atoms with E-state index in [4.69, 9.17) is 14.2 Å². The molecule has 12 heteroatoms. The van der Waals surface area contributed by atoms with Gasteiger partial charge < -0.3 is 29.7 Å². The Morgan fingerprint density at radius 3 is 2.41 bits per heavy atom. The summed E-state index contributed by atoms with van der Waals surface area (Å²) in [6, 6.07) is 14.2. The Balaban J connectivity index is 1.26. The van der Waals surface area contributed by atoms with Crippen LogP contribution < -0.4 is 15.5 Å². The fraction of sp³-hybridized carbons (Fsp3) is 0.407. The summed E-state index contributed by atoms with van der Waals surface area (Å²) >= 11 is 1.70. The highest BCUT2D eigenvalue weighted by Gasteiger charge is 2.42. The van der Waals surface area contributed by atoms with Crippen LogP contribution in [0, 0.1) is 0 Å². The maximum absolute atomic E-state index is 13.5. The molecule has 11 nitrogen and oxygen atoms in total. The van der Waals surface area contributed by atoms with Crippen LogP contribution in [0.3, 0.4) is 0 Å². The van der Waals surface area contributed by atoms with Gasteiger partial charge in [0.2, 0.25) is 6.10 Å². The van der Waals surface area contributed by atoms with E-state index in [-0.39, 0.29) is 19.3 Å². The number of alkyl carbamates (subject to hydrolysis) is 1. The van der Waals surface area contributed by atoms with Gasteiger partial charge in [0.15, 0.2) is 6.10 Å². The Kier molecular flexibility index (Phi) is 8.34. The second-order valence-electron chi connectivity index (χ2n) is 9.44. The number of amides is 3. The lowest BCUT2D eigenvalue weighted by Crippen LogP contribution is -2.56. The van der Waals surface area contributed by atoms with E-state index in [1.165, 1.54) is 19.8 Å². The average molecular weight is 555 g/mol. The number of cyclic esters (lactones) is 1. The zero-order valence-electron chi connectivity index (χ0n) is 21.5. The number of ether oxygens (including phenoxy) is 3. The van der Waals surface area contributed by atoms with Crippen molar-refractivity contribution in [1.29, 1.82) is 0 Å². The van der Waals surface area contributed by atoms with Gasteiger partial charge in [0.1, 0.15) is 6.61 Å². The highest BCUT2D eigenvalue weighted by atomic mass is 32.2. The lowest BCUT2D eigenvalue weighted by atomic mass is 10.1. The smallest absolute Gasteiger partial charge is 0.407 e. The molecule has 0 bridgehead atoms. The molecule has 3 saturated heterocycles. The highest BCUT2D eigenvalue weighted by molar-refractivity contribution is 7.97. The van der Waals surface area contributed by atoms with Gasteiger partial charge in [0.25, 0.3) is 11.8 Å². The summed E-state index contributed by atoms with van der Waals surface area (Å²) in [7, 11) is 0. The summed E-state index contributed by atoms with van der Waals surface area (Å²) in [6.07, 6.45) is -0.861. The molecule has 0 aromatic heterocycles. The molecule has 39 heavy (non-hydrogen) atoms. The van der Waals surface area contributed by atoms with Crippen LogP contribution in [0.15, 0.2) is 53.4 Å². The minimum Gasteiger partial charge on any atom is -0.449 e. The largest absolute Gasteiger partial charge is 0.449 e. The lowest BCUT2D eigenvalue weighted by Gasteiger charge is -2.35. The molecule has 3 atom stereocenters. The molecule has 2 N–H and O–H groups in total. The summed E-state index contributed by atoms with van der Waals surface area (Å²) in [6.45, 7) is 4.01. The number of benzene rings is 2. The third-order valence-corrected chi connectivity index (χ3v) is 7.76. The van der Waals surface area contributed by atoms with Gasteiger partial charge in [-0.05, 0) is 66.8 Å². The Labute approximate surface area is 230 Å². The van der Waals surface area contributed by atoms with Gasteiger partial charge in [0, 0.05) is 42.8 Å². The van der Waals surface area contributed by atoms with Crippen LogP contribution in [0.5, 0.6) is 0 Å². The normalized spacial score (nSPS) is 22.2. The molecule has 2 aromatic carbocycles. The SMILES string of the molecule is CC(=O)OC(C(=O)Nc1ccc(C2COC(=O)N2)cc1)C1OCCN(c2ccc(SN3CCCC3)cc2)C1=O. The number of carbonyl (C=O) groups excluding carboxylic acids is 4. The van der Waals surface area contributed by atoms with Crippen LogP contribution in [0.25, 0.3) is 0 Å². The van der Waals surface area contributed by atoms with E-state index < -0.39 is 36.1 Å². The van der Waals surface area contributed by atoms with Crippen molar-refractivity contribution in [3.8, 4) is 0 Å². The van der Waals surface area contributed by atoms with Crippen molar-refractivity contribution in [3.63, 3.8) is 0 Å². The van der Waals surface area contributed by atoms with Crippen molar-refractivity contribution in [2.45, 2.75) is 42.9 Å². The molecule has 3 aliphatic heterocycles. The number of hydrogen-bond donors (Lipinski definition) is 2. The topological polar surface area (TPSA) is 127 Å². The Morgan fingerprint density at radius 2 is 1.77 bits per heavy atom. The predicted octanol–water partition coefficient (Wildman–Crippen LogP) is 2.87. The van der Waals surface area contributed by atoms with Gasteiger partial charge in [0.05, 0.1) is 12.6 Å². The first-order chi connectivity index (χ1) is 18.9. The number of nitrogens with one attached hydrogen (secondary N) is 2. The first kappa shape index (κ1) is 27.0. The minimum atomic E-state index is -1.48. The van der Waals surface area contributed by atoms with Gasteiger partial charge in [-0.3, -0.25) is 14.4 Å². The zero-order valence-corrected chi connectivity index (χ0v) is 22.3. The van der Waals surface area contributed by atoms with Crippen molar-refractivity contribution in [3.05, 3.63) is 54.1 Å². The molecular weight excluding hydrogens is 524 g/mol. The van der Waals surface area contributed by atoms with Crippen molar-refractivity contribution in [2.24, 2.45) is 0 Å². The van der Waals surface area contributed by atoms with E-state index in [0.717, 1.165) is 23.5 Å². The van der Waals surface area contributed by atoms with E-state index in [1.807, 2.05) is 24.3 Å². The first-order valence-electron chi connectivity index (χ1n) is 12.8. The van der Waals surface area contributed by atoms with Crippen LogP contribution in [0.4, 0.5) is 16.2 Å². The van der Waals surface area contributed by atoms with Crippen molar-refractivity contribution in [1.82, 2.24) is 9.62 Å². The molecular formula is C27H30N4O7S. The predicted molar refractivity (Wildman–Crippen MR) is 143 cm³/mol. The van der Waals surface area contributed by atoms with Crippen LogP contribution in [-0.4, -0.2) is 73.2 Å². The number of carbonyl (C=O) groups is 4. The van der Waals surface area contributed by atoms with Gasteiger partial charge in [-0.1, -0.05) is 12.1 Å². The second kappa shape index (κ2) is 12.1. The maximum atomic E-state index is 13.5. The van der Waals surface area contributed by atoms with Crippen LogP contribution in [0.1, 0.15) is 31.4 Å². The van der Waals surface area contributed by atoms with Gasteiger partial charge >= 0.3 is 12.1 Å². The number of anilines is 2. The number of hydrogen-bond acceptors (Lipinski definition) is 9. The van der Waals surface area contributed by atoms with E-state index in [1.54, 1.807) is 41.1 Å². The monoisotopic (exact) mass is 554 g/mol. The Morgan fingerprint density at radius 1 is 1.05 bits per heavy atom. The third kappa shape index (κ3) is 6.52. The molecule has 2 aromatic rings. The van der Waals surface area contributed by atoms with Crippen LogP contribution >= 0.6 is 11.9 Å². The Hall–Kier alpha value is -3.61. The van der Waals surface area contributed by atoms with E-state index in [9.17, 15) is 19.2 Å². The maximum Gasteiger partial charge on any atom is 0.407 e. The number of nitrogens with zero attached hydrogens (tertiary/aromatic N) is 2. The number of morpholine rings is 1.